The lowest BCUT2D eigenvalue weighted by atomic mass is 10.1. The molecule has 0 saturated heterocycles. The molecule has 0 amide bonds. The van der Waals surface area contributed by atoms with Gasteiger partial charge < -0.3 is 15.0 Å². The number of rotatable bonds is 10. The first-order valence-corrected chi connectivity index (χ1v) is 7.77. The molecule has 0 aliphatic rings. The molecule has 0 aliphatic carbocycles. The summed E-state index contributed by atoms with van der Waals surface area (Å²) in [7, 11) is 1.72. The van der Waals surface area contributed by atoms with Crippen LogP contribution in [0.5, 0.6) is 5.75 Å². The van der Waals surface area contributed by atoms with Gasteiger partial charge in [-0.1, -0.05) is 20.8 Å². The van der Waals surface area contributed by atoms with Crippen molar-refractivity contribution in [1.29, 1.82) is 0 Å². The number of nitrogens with zero attached hydrogens (tertiary/aromatic N) is 3. The number of ether oxygens (including phenoxy) is 1. The maximum absolute atomic E-state index is 5.48. The maximum Gasteiger partial charge on any atom is 0.161 e. The van der Waals surface area contributed by atoms with Gasteiger partial charge in [-0.3, -0.25) is 4.68 Å². The second kappa shape index (κ2) is 8.97. The van der Waals surface area contributed by atoms with Crippen LogP contribution in [-0.2, 0) is 6.54 Å². The van der Waals surface area contributed by atoms with E-state index in [1.165, 1.54) is 5.69 Å². The van der Waals surface area contributed by atoms with Gasteiger partial charge in [0.05, 0.1) is 25.0 Å². The maximum atomic E-state index is 5.48. The first-order chi connectivity index (χ1) is 9.71. The van der Waals surface area contributed by atoms with E-state index in [-0.39, 0.29) is 6.04 Å². The van der Waals surface area contributed by atoms with Crippen molar-refractivity contribution >= 4 is 0 Å². The van der Waals surface area contributed by atoms with Crippen LogP contribution in [0.2, 0.25) is 0 Å². The quantitative estimate of drug-likeness (QED) is 0.715. The van der Waals surface area contributed by atoms with Gasteiger partial charge in [0, 0.05) is 6.54 Å². The van der Waals surface area contributed by atoms with Gasteiger partial charge in [0.25, 0.3) is 0 Å². The van der Waals surface area contributed by atoms with Gasteiger partial charge in [0.1, 0.15) is 0 Å². The molecule has 5 heteroatoms. The second-order valence-corrected chi connectivity index (χ2v) is 4.84. The Balaban J connectivity index is 2.86. The minimum Gasteiger partial charge on any atom is -0.493 e. The summed E-state index contributed by atoms with van der Waals surface area (Å²) in [6, 6.07) is 0.290. The molecule has 1 aromatic rings. The SMILES string of the molecule is CCNC(CCN(CC)CC)c1c(OC)cnn1CC. The van der Waals surface area contributed by atoms with Crippen molar-refractivity contribution in [2.75, 3.05) is 33.3 Å². The van der Waals surface area contributed by atoms with Gasteiger partial charge in [-0.05, 0) is 39.5 Å². The van der Waals surface area contributed by atoms with Gasteiger partial charge >= 0.3 is 0 Å². The van der Waals surface area contributed by atoms with E-state index < -0.39 is 0 Å². The Morgan fingerprint density at radius 1 is 1.30 bits per heavy atom. The average Bonchev–Trinajstić information content (AvgIpc) is 2.89. The molecule has 5 nitrogen and oxygen atoms in total. The van der Waals surface area contributed by atoms with Crippen molar-refractivity contribution in [2.45, 2.75) is 46.7 Å². The molecule has 1 aromatic heterocycles. The number of aryl methyl sites for hydroxylation is 1. The monoisotopic (exact) mass is 282 g/mol. The van der Waals surface area contributed by atoms with Gasteiger partial charge in [-0.2, -0.15) is 5.10 Å². The lowest BCUT2D eigenvalue weighted by Gasteiger charge is -2.24. The minimum atomic E-state index is 0.290. The highest BCUT2D eigenvalue weighted by Gasteiger charge is 2.21. The summed E-state index contributed by atoms with van der Waals surface area (Å²) < 4.78 is 7.51. The Morgan fingerprint density at radius 2 is 2.00 bits per heavy atom. The van der Waals surface area contributed by atoms with E-state index in [1.54, 1.807) is 7.11 Å². The highest BCUT2D eigenvalue weighted by molar-refractivity contribution is 5.28. The van der Waals surface area contributed by atoms with E-state index in [4.69, 9.17) is 4.74 Å². The van der Waals surface area contributed by atoms with Crippen LogP contribution in [0.1, 0.15) is 45.9 Å². The van der Waals surface area contributed by atoms with Crippen molar-refractivity contribution in [1.82, 2.24) is 20.0 Å². The average molecular weight is 282 g/mol. The summed E-state index contributed by atoms with van der Waals surface area (Å²) in [6.07, 6.45) is 2.89. The minimum absolute atomic E-state index is 0.290. The number of hydrogen-bond acceptors (Lipinski definition) is 4. The van der Waals surface area contributed by atoms with E-state index in [0.29, 0.717) is 0 Å². The Kier molecular flexibility index (Phi) is 7.62. The molecule has 0 aromatic carbocycles. The van der Waals surface area contributed by atoms with Gasteiger partial charge in [-0.25, -0.2) is 0 Å². The zero-order chi connectivity index (χ0) is 15.0. The molecule has 116 valence electrons. The fraction of sp³-hybridized carbons (Fsp3) is 0.800. The van der Waals surface area contributed by atoms with Crippen molar-refractivity contribution in [3.05, 3.63) is 11.9 Å². The molecule has 1 unspecified atom stereocenters. The van der Waals surface area contributed by atoms with E-state index in [1.807, 2.05) is 10.9 Å². The van der Waals surface area contributed by atoms with Crippen LogP contribution >= 0.6 is 0 Å². The Bertz CT molecular complexity index is 352. The number of nitrogens with one attached hydrogen (secondary N) is 1. The third-order valence-electron chi connectivity index (χ3n) is 3.77. The summed E-state index contributed by atoms with van der Waals surface area (Å²) in [5, 5.41) is 7.98. The van der Waals surface area contributed by atoms with Gasteiger partial charge in [-0.15, -0.1) is 0 Å². The Labute approximate surface area is 123 Å². The van der Waals surface area contributed by atoms with Crippen LogP contribution in [0.25, 0.3) is 0 Å². The molecule has 1 atom stereocenters. The molecular formula is C15H30N4O. The number of methoxy groups -OCH3 is 1. The fourth-order valence-electron chi connectivity index (χ4n) is 2.57. The highest BCUT2D eigenvalue weighted by atomic mass is 16.5. The molecule has 1 heterocycles. The Morgan fingerprint density at radius 3 is 2.50 bits per heavy atom. The van der Waals surface area contributed by atoms with Crippen LogP contribution < -0.4 is 10.1 Å². The topological polar surface area (TPSA) is 42.3 Å². The predicted molar refractivity (Wildman–Crippen MR) is 83.3 cm³/mol. The summed E-state index contributed by atoms with van der Waals surface area (Å²) >= 11 is 0. The summed E-state index contributed by atoms with van der Waals surface area (Å²) in [5.74, 6) is 0.886. The van der Waals surface area contributed by atoms with Gasteiger partial charge in [0.2, 0.25) is 0 Å². The standard InChI is InChI=1S/C15H30N4O/c1-6-16-13(10-11-18(7-2)8-3)15-14(20-5)12-17-19(15)9-4/h12-13,16H,6-11H2,1-5H3. The second-order valence-electron chi connectivity index (χ2n) is 4.84. The van der Waals surface area contributed by atoms with E-state index in [9.17, 15) is 0 Å². The molecule has 0 radical (unpaired) electrons. The zero-order valence-electron chi connectivity index (χ0n) is 13.6. The zero-order valence-corrected chi connectivity index (χ0v) is 13.6. The summed E-state index contributed by atoms with van der Waals surface area (Å²) in [4.78, 5) is 2.45. The lowest BCUT2D eigenvalue weighted by molar-refractivity contribution is 0.277. The molecule has 0 fully saturated rings. The molecule has 0 saturated carbocycles. The fourth-order valence-corrected chi connectivity index (χ4v) is 2.57. The molecule has 1 rings (SSSR count). The highest BCUT2D eigenvalue weighted by Crippen LogP contribution is 2.27. The van der Waals surface area contributed by atoms with Gasteiger partial charge in [0.15, 0.2) is 5.75 Å². The lowest BCUT2D eigenvalue weighted by Crippen LogP contribution is -2.30. The largest absolute Gasteiger partial charge is 0.493 e. The first-order valence-electron chi connectivity index (χ1n) is 7.77. The molecule has 20 heavy (non-hydrogen) atoms. The summed E-state index contributed by atoms with van der Waals surface area (Å²) in [5.41, 5.74) is 1.17. The third-order valence-corrected chi connectivity index (χ3v) is 3.77. The van der Waals surface area contributed by atoms with E-state index in [0.717, 1.165) is 44.9 Å². The molecular weight excluding hydrogens is 252 g/mol. The Hall–Kier alpha value is -1.07. The smallest absolute Gasteiger partial charge is 0.161 e. The molecule has 1 N–H and O–H groups in total. The van der Waals surface area contributed by atoms with Crippen LogP contribution in [0, 0.1) is 0 Å². The first kappa shape index (κ1) is 17.0. The van der Waals surface area contributed by atoms with Crippen molar-refractivity contribution in [2.24, 2.45) is 0 Å². The van der Waals surface area contributed by atoms with Crippen LogP contribution in [0.3, 0.4) is 0 Å². The molecule has 0 aliphatic heterocycles. The van der Waals surface area contributed by atoms with Crippen LogP contribution in [0.4, 0.5) is 0 Å². The van der Waals surface area contributed by atoms with E-state index in [2.05, 4.69) is 43.0 Å². The molecule has 0 bridgehead atoms. The number of aromatic nitrogens is 2. The van der Waals surface area contributed by atoms with E-state index >= 15 is 0 Å². The van der Waals surface area contributed by atoms with Crippen LogP contribution in [-0.4, -0.2) is 48.0 Å². The predicted octanol–water partition coefficient (Wildman–Crippen LogP) is 2.29. The normalized spacial score (nSPS) is 12.9. The van der Waals surface area contributed by atoms with Crippen LogP contribution in [0.15, 0.2) is 6.20 Å². The molecule has 0 spiro atoms. The van der Waals surface area contributed by atoms with Crippen molar-refractivity contribution in [3.63, 3.8) is 0 Å². The van der Waals surface area contributed by atoms with Crippen molar-refractivity contribution < 1.29 is 4.74 Å². The third kappa shape index (κ3) is 4.21. The van der Waals surface area contributed by atoms with Crippen molar-refractivity contribution in [3.8, 4) is 5.75 Å². The number of hydrogen-bond donors (Lipinski definition) is 1. The summed E-state index contributed by atoms with van der Waals surface area (Å²) in [6.45, 7) is 13.8.